The molecule has 6 nitrogen and oxygen atoms in total. The van der Waals surface area contributed by atoms with Crippen molar-refractivity contribution in [2.45, 2.75) is 19.7 Å². The van der Waals surface area contributed by atoms with Crippen LogP contribution in [0.5, 0.6) is 11.5 Å². The molecule has 0 aliphatic heterocycles. The van der Waals surface area contributed by atoms with Gasteiger partial charge in [-0.3, -0.25) is 0 Å². The van der Waals surface area contributed by atoms with E-state index in [4.69, 9.17) is 9.15 Å². The summed E-state index contributed by atoms with van der Waals surface area (Å²) in [6, 6.07) is 10.6. The maximum atomic E-state index is 13.0. The molecule has 2 aromatic carbocycles. The van der Waals surface area contributed by atoms with Crippen LogP contribution in [0.25, 0.3) is 11.5 Å². The van der Waals surface area contributed by atoms with Gasteiger partial charge in [0.25, 0.3) is 5.89 Å². The molecule has 9 heteroatoms. The molecule has 1 aromatic heterocycles. The predicted molar refractivity (Wildman–Crippen MR) is 93.6 cm³/mol. The van der Waals surface area contributed by atoms with Gasteiger partial charge in [-0.05, 0) is 42.5 Å². The van der Waals surface area contributed by atoms with Gasteiger partial charge < -0.3 is 18.8 Å². The third-order valence-corrected chi connectivity index (χ3v) is 3.96. The van der Waals surface area contributed by atoms with E-state index in [0.29, 0.717) is 30.4 Å². The van der Waals surface area contributed by atoms with Gasteiger partial charge in [0.2, 0.25) is 5.89 Å². The third-order valence-electron chi connectivity index (χ3n) is 3.96. The molecular formula is C19H19F3N3O3+. The molecule has 0 saturated carbocycles. The highest BCUT2D eigenvalue weighted by atomic mass is 19.3. The molecular weight excluding hydrogens is 375 g/mol. The summed E-state index contributed by atoms with van der Waals surface area (Å²) in [7, 11) is 3.32. The van der Waals surface area contributed by atoms with E-state index in [1.165, 1.54) is 25.3 Å². The van der Waals surface area contributed by atoms with Crippen LogP contribution in [0.15, 0.2) is 46.9 Å². The first-order valence-corrected chi connectivity index (χ1v) is 8.46. The molecule has 3 aromatic rings. The van der Waals surface area contributed by atoms with E-state index in [2.05, 4.69) is 14.9 Å². The van der Waals surface area contributed by atoms with E-state index in [1.807, 2.05) is 7.05 Å². The highest BCUT2D eigenvalue weighted by molar-refractivity contribution is 5.51. The van der Waals surface area contributed by atoms with E-state index in [-0.39, 0.29) is 17.3 Å². The molecule has 148 valence electrons. The fourth-order valence-electron chi connectivity index (χ4n) is 2.72. The van der Waals surface area contributed by atoms with Gasteiger partial charge >= 0.3 is 6.61 Å². The van der Waals surface area contributed by atoms with E-state index >= 15 is 0 Å². The minimum Gasteiger partial charge on any atom is -0.493 e. The Hall–Kier alpha value is -3.07. The van der Waals surface area contributed by atoms with Crippen molar-refractivity contribution in [2.75, 3.05) is 14.2 Å². The van der Waals surface area contributed by atoms with Crippen LogP contribution in [0.3, 0.4) is 0 Å². The zero-order chi connectivity index (χ0) is 20.1. The normalized spacial score (nSPS) is 12.2. The Morgan fingerprint density at radius 3 is 2.46 bits per heavy atom. The van der Waals surface area contributed by atoms with Crippen molar-refractivity contribution in [3.8, 4) is 23.0 Å². The Bertz CT molecular complexity index is 916. The Kier molecular flexibility index (Phi) is 6.15. The van der Waals surface area contributed by atoms with Gasteiger partial charge in [0, 0.05) is 11.1 Å². The van der Waals surface area contributed by atoms with Crippen molar-refractivity contribution in [3.63, 3.8) is 0 Å². The third kappa shape index (κ3) is 5.01. The van der Waals surface area contributed by atoms with Crippen molar-refractivity contribution >= 4 is 0 Å². The largest absolute Gasteiger partial charge is 0.493 e. The lowest BCUT2D eigenvalue weighted by atomic mass is 10.2. The Morgan fingerprint density at radius 2 is 1.79 bits per heavy atom. The average molecular weight is 394 g/mol. The van der Waals surface area contributed by atoms with Crippen LogP contribution >= 0.6 is 0 Å². The van der Waals surface area contributed by atoms with Crippen LogP contribution in [0.1, 0.15) is 11.5 Å². The number of nitrogens with one attached hydrogen (secondary N) is 1. The minimum atomic E-state index is -2.92. The smallest absolute Gasteiger partial charge is 0.387 e. The van der Waals surface area contributed by atoms with Crippen molar-refractivity contribution in [2.24, 2.45) is 0 Å². The second kappa shape index (κ2) is 8.75. The molecule has 0 bridgehead atoms. The number of aromatic nitrogens is 2. The van der Waals surface area contributed by atoms with Crippen molar-refractivity contribution in [1.29, 1.82) is 0 Å². The molecule has 1 unspecified atom stereocenters. The standard InChI is InChI=1S/C19H18F3N3O3/c1-25(10-12-3-8-15(27-19(21)22)16(9-12)26-2)11-17-23-24-18(28-17)13-4-6-14(20)7-5-13/h3-9,19H,10-11H2,1-2H3/p+1. The molecule has 1 atom stereocenters. The lowest BCUT2D eigenvalue weighted by Crippen LogP contribution is -3.06. The van der Waals surface area contributed by atoms with E-state index in [1.54, 1.807) is 24.3 Å². The minimum absolute atomic E-state index is 0.0141. The molecule has 0 amide bonds. The highest BCUT2D eigenvalue weighted by Crippen LogP contribution is 2.29. The Labute approximate surface area is 159 Å². The van der Waals surface area contributed by atoms with Crippen LogP contribution in [-0.2, 0) is 13.1 Å². The summed E-state index contributed by atoms with van der Waals surface area (Å²) >= 11 is 0. The quantitative estimate of drug-likeness (QED) is 0.637. The summed E-state index contributed by atoms with van der Waals surface area (Å²) in [5.74, 6) is 0.634. The molecule has 0 aliphatic carbocycles. The molecule has 0 fully saturated rings. The molecule has 0 aliphatic rings. The molecule has 0 radical (unpaired) electrons. The summed E-state index contributed by atoms with van der Waals surface area (Å²) in [6.45, 7) is -1.90. The van der Waals surface area contributed by atoms with E-state index < -0.39 is 6.61 Å². The lowest BCUT2D eigenvalue weighted by Gasteiger charge is -2.14. The first-order chi connectivity index (χ1) is 13.4. The number of hydrogen-bond acceptors (Lipinski definition) is 5. The number of benzene rings is 2. The molecule has 0 saturated heterocycles. The fourth-order valence-corrected chi connectivity index (χ4v) is 2.72. The van der Waals surface area contributed by atoms with E-state index in [0.717, 1.165) is 10.5 Å². The van der Waals surface area contributed by atoms with Crippen LogP contribution in [0.4, 0.5) is 13.2 Å². The van der Waals surface area contributed by atoms with Gasteiger partial charge in [-0.1, -0.05) is 0 Å². The summed E-state index contributed by atoms with van der Waals surface area (Å²) < 4.78 is 53.0. The number of methoxy groups -OCH3 is 1. The second-order valence-electron chi connectivity index (χ2n) is 6.18. The van der Waals surface area contributed by atoms with Crippen LogP contribution in [-0.4, -0.2) is 31.0 Å². The van der Waals surface area contributed by atoms with Crippen LogP contribution < -0.4 is 14.4 Å². The summed E-state index contributed by atoms with van der Waals surface area (Å²) in [5, 5.41) is 8.00. The number of alkyl halides is 2. The zero-order valence-corrected chi connectivity index (χ0v) is 15.3. The SMILES string of the molecule is COc1cc(C[NH+](C)Cc2nnc(-c3ccc(F)cc3)o2)ccc1OC(F)F. The maximum Gasteiger partial charge on any atom is 0.387 e. The second-order valence-corrected chi connectivity index (χ2v) is 6.18. The van der Waals surface area contributed by atoms with Crippen molar-refractivity contribution in [3.05, 3.63) is 59.7 Å². The average Bonchev–Trinajstić information content (AvgIpc) is 3.11. The Morgan fingerprint density at radius 1 is 1.04 bits per heavy atom. The lowest BCUT2D eigenvalue weighted by molar-refractivity contribution is -0.909. The van der Waals surface area contributed by atoms with Gasteiger partial charge in [0.1, 0.15) is 12.4 Å². The van der Waals surface area contributed by atoms with Gasteiger partial charge in [0.15, 0.2) is 18.0 Å². The number of hydrogen-bond donors (Lipinski definition) is 1. The van der Waals surface area contributed by atoms with Gasteiger partial charge in [-0.2, -0.15) is 8.78 Å². The fraction of sp³-hybridized carbons (Fsp3) is 0.263. The number of ether oxygens (including phenoxy) is 2. The van der Waals surface area contributed by atoms with E-state index in [9.17, 15) is 13.2 Å². The predicted octanol–water partition coefficient (Wildman–Crippen LogP) is 2.70. The van der Waals surface area contributed by atoms with Crippen molar-refractivity contribution in [1.82, 2.24) is 10.2 Å². The molecule has 1 N–H and O–H groups in total. The first kappa shape index (κ1) is 19.7. The maximum absolute atomic E-state index is 13.0. The number of nitrogens with zero attached hydrogens (tertiary/aromatic N) is 2. The highest BCUT2D eigenvalue weighted by Gasteiger charge is 2.16. The molecule has 0 spiro atoms. The van der Waals surface area contributed by atoms with Crippen LogP contribution in [0.2, 0.25) is 0 Å². The van der Waals surface area contributed by atoms with Crippen LogP contribution in [0, 0.1) is 5.82 Å². The topological polar surface area (TPSA) is 61.8 Å². The first-order valence-electron chi connectivity index (χ1n) is 8.46. The summed E-state index contributed by atoms with van der Waals surface area (Å²) in [6.07, 6.45) is 0. The Balaban J connectivity index is 1.64. The molecule has 28 heavy (non-hydrogen) atoms. The molecule has 3 rings (SSSR count). The molecule has 1 heterocycles. The summed E-state index contributed by atoms with van der Waals surface area (Å²) in [5.41, 5.74) is 1.51. The number of quaternary nitrogens is 1. The number of rotatable bonds is 8. The van der Waals surface area contributed by atoms with Crippen molar-refractivity contribution < 1.29 is 32.0 Å². The van der Waals surface area contributed by atoms with Gasteiger partial charge in [-0.25, -0.2) is 4.39 Å². The van der Waals surface area contributed by atoms with Gasteiger partial charge in [-0.15, -0.1) is 10.2 Å². The number of halogens is 3. The monoisotopic (exact) mass is 394 g/mol. The summed E-state index contributed by atoms with van der Waals surface area (Å²) in [4.78, 5) is 1.03. The van der Waals surface area contributed by atoms with Gasteiger partial charge in [0.05, 0.1) is 14.2 Å². The zero-order valence-electron chi connectivity index (χ0n) is 15.3.